The molecule has 0 N–H and O–H groups in total. The molecule has 1 aliphatic heterocycles. The number of methoxy groups -OCH3 is 2. The van der Waals surface area contributed by atoms with Crippen LogP contribution in [0.25, 0.3) is 0 Å². The van der Waals surface area contributed by atoms with Crippen LogP contribution in [0.1, 0.15) is 0 Å². The van der Waals surface area contributed by atoms with E-state index < -0.39 is 23.2 Å². The van der Waals surface area contributed by atoms with E-state index in [-0.39, 0.29) is 5.17 Å². The Bertz CT molecular complexity index is 889. The Labute approximate surface area is 166 Å². The van der Waals surface area contributed by atoms with Crippen molar-refractivity contribution in [1.29, 1.82) is 0 Å². The number of benzene rings is 2. The van der Waals surface area contributed by atoms with Crippen molar-refractivity contribution in [1.82, 2.24) is 0 Å². The summed E-state index contributed by atoms with van der Waals surface area (Å²) in [5, 5.41) is 13.5. The SMILES string of the molecule is COC(=O)C1SC(N=Nc2ccccc2)=NN(c2ccccc2)C1C(=O)OC. The molecule has 9 heteroatoms. The van der Waals surface area contributed by atoms with Crippen molar-refractivity contribution in [3.63, 3.8) is 0 Å². The van der Waals surface area contributed by atoms with Gasteiger partial charge in [-0.25, -0.2) is 9.80 Å². The lowest BCUT2D eigenvalue weighted by atomic mass is 10.1. The minimum atomic E-state index is -1.000. The van der Waals surface area contributed by atoms with Gasteiger partial charge in [-0.2, -0.15) is 0 Å². The van der Waals surface area contributed by atoms with Crippen molar-refractivity contribution < 1.29 is 19.1 Å². The van der Waals surface area contributed by atoms with Crippen LogP contribution < -0.4 is 5.01 Å². The molecule has 1 aliphatic rings. The minimum absolute atomic E-state index is 0.225. The number of azo groups is 1. The van der Waals surface area contributed by atoms with Gasteiger partial charge in [0.25, 0.3) is 0 Å². The van der Waals surface area contributed by atoms with Gasteiger partial charge in [-0.05, 0) is 24.3 Å². The minimum Gasteiger partial charge on any atom is -0.468 e. The number of ether oxygens (including phenoxy) is 2. The Hall–Kier alpha value is -3.20. The number of thioether (sulfide) groups is 1. The van der Waals surface area contributed by atoms with E-state index in [9.17, 15) is 9.59 Å². The van der Waals surface area contributed by atoms with Gasteiger partial charge < -0.3 is 9.47 Å². The standard InChI is InChI=1S/C19H18N4O4S/c1-26-17(24)15-16(18(25)27-2)28-19(21-20-13-9-5-3-6-10-13)22-23(15)14-11-7-4-8-12-14/h3-12,15-16H,1-2H3. The van der Waals surface area contributed by atoms with E-state index in [4.69, 9.17) is 9.47 Å². The molecule has 0 fully saturated rings. The van der Waals surface area contributed by atoms with Gasteiger partial charge in [-0.15, -0.1) is 15.3 Å². The van der Waals surface area contributed by atoms with Crippen molar-refractivity contribution in [3.05, 3.63) is 60.7 Å². The van der Waals surface area contributed by atoms with E-state index in [0.717, 1.165) is 11.8 Å². The number of esters is 2. The fraction of sp³-hybridized carbons (Fsp3) is 0.211. The lowest BCUT2D eigenvalue weighted by Crippen LogP contribution is -2.52. The van der Waals surface area contributed by atoms with Gasteiger partial charge >= 0.3 is 11.9 Å². The largest absolute Gasteiger partial charge is 0.468 e. The zero-order chi connectivity index (χ0) is 19.9. The second-order valence-electron chi connectivity index (χ2n) is 5.63. The van der Waals surface area contributed by atoms with Gasteiger partial charge in [0.05, 0.1) is 25.6 Å². The summed E-state index contributed by atoms with van der Waals surface area (Å²) in [6.45, 7) is 0. The maximum atomic E-state index is 12.5. The van der Waals surface area contributed by atoms with Gasteiger partial charge in [-0.3, -0.25) is 4.79 Å². The highest BCUT2D eigenvalue weighted by atomic mass is 32.2. The number of nitrogens with zero attached hydrogens (tertiary/aromatic N) is 4. The third-order valence-electron chi connectivity index (χ3n) is 3.88. The van der Waals surface area contributed by atoms with Crippen LogP contribution in [0.5, 0.6) is 0 Å². The summed E-state index contributed by atoms with van der Waals surface area (Å²) < 4.78 is 9.79. The summed E-state index contributed by atoms with van der Waals surface area (Å²) in [6.07, 6.45) is 0. The van der Waals surface area contributed by atoms with Crippen LogP contribution in [-0.2, 0) is 19.1 Å². The monoisotopic (exact) mass is 398 g/mol. The van der Waals surface area contributed by atoms with Gasteiger partial charge in [-0.1, -0.05) is 48.2 Å². The van der Waals surface area contributed by atoms with Crippen LogP contribution >= 0.6 is 11.8 Å². The molecule has 2 aromatic carbocycles. The molecule has 0 saturated carbocycles. The molecule has 0 spiro atoms. The molecule has 0 aliphatic carbocycles. The summed E-state index contributed by atoms with van der Waals surface area (Å²) in [5.41, 5.74) is 1.25. The number of carbonyl (C=O) groups is 2. The summed E-state index contributed by atoms with van der Waals surface area (Å²) in [6, 6.07) is 17.1. The Kier molecular flexibility index (Phi) is 6.38. The summed E-state index contributed by atoms with van der Waals surface area (Å²) in [5.74, 6) is -1.18. The fourth-order valence-corrected chi connectivity index (χ4v) is 3.56. The number of rotatable bonds is 4. The predicted octanol–water partition coefficient (Wildman–Crippen LogP) is 3.38. The number of hydrogen-bond acceptors (Lipinski definition) is 9. The van der Waals surface area contributed by atoms with Crippen molar-refractivity contribution in [2.45, 2.75) is 11.3 Å². The smallest absolute Gasteiger partial charge is 0.332 e. The zero-order valence-electron chi connectivity index (χ0n) is 15.3. The number of amidine groups is 1. The van der Waals surface area contributed by atoms with Crippen molar-refractivity contribution >= 4 is 40.2 Å². The number of hydrogen-bond donors (Lipinski definition) is 0. The van der Waals surface area contributed by atoms with Crippen LogP contribution in [-0.4, -0.2) is 42.6 Å². The normalized spacial score (nSPS) is 19.2. The van der Waals surface area contributed by atoms with Crippen molar-refractivity contribution in [3.8, 4) is 0 Å². The highest BCUT2D eigenvalue weighted by Crippen LogP contribution is 2.33. The van der Waals surface area contributed by atoms with Crippen LogP contribution in [0, 0.1) is 0 Å². The van der Waals surface area contributed by atoms with E-state index >= 15 is 0 Å². The molecule has 3 rings (SSSR count). The molecule has 0 amide bonds. The predicted molar refractivity (Wildman–Crippen MR) is 107 cm³/mol. The summed E-state index contributed by atoms with van der Waals surface area (Å²) >= 11 is 1.01. The highest BCUT2D eigenvalue weighted by molar-refractivity contribution is 8.15. The zero-order valence-corrected chi connectivity index (χ0v) is 16.1. The van der Waals surface area contributed by atoms with Gasteiger partial charge in [0.15, 0.2) is 6.04 Å². The van der Waals surface area contributed by atoms with Crippen LogP contribution in [0.4, 0.5) is 11.4 Å². The lowest BCUT2D eigenvalue weighted by Gasteiger charge is -2.34. The summed E-state index contributed by atoms with van der Waals surface area (Å²) in [4.78, 5) is 24.8. The molecule has 0 aromatic heterocycles. The molecule has 0 saturated heterocycles. The number of anilines is 1. The molecule has 28 heavy (non-hydrogen) atoms. The number of para-hydroxylation sites is 1. The first-order chi connectivity index (χ1) is 13.6. The molecular formula is C19H18N4O4S. The third-order valence-corrected chi connectivity index (χ3v) is 4.96. The molecular weight excluding hydrogens is 380 g/mol. The van der Waals surface area contributed by atoms with Crippen molar-refractivity contribution in [2.75, 3.05) is 19.2 Å². The number of carbonyl (C=O) groups excluding carboxylic acids is 2. The van der Waals surface area contributed by atoms with E-state index in [1.165, 1.54) is 19.2 Å². The first-order valence-corrected chi connectivity index (χ1v) is 9.24. The second-order valence-corrected chi connectivity index (χ2v) is 6.74. The molecule has 144 valence electrons. The average Bonchev–Trinajstić information content (AvgIpc) is 2.77. The Morgan fingerprint density at radius 3 is 2.14 bits per heavy atom. The summed E-state index contributed by atoms with van der Waals surface area (Å²) in [7, 11) is 2.53. The first kappa shape index (κ1) is 19.6. The quantitative estimate of drug-likeness (QED) is 0.579. The molecule has 1 heterocycles. The second kappa shape index (κ2) is 9.14. The van der Waals surface area contributed by atoms with Crippen LogP contribution in [0.3, 0.4) is 0 Å². The van der Waals surface area contributed by atoms with Gasteiger partial charge in [0.2, 0.25) is 5.17 Å². The third kappa shape index (κ3) is 4.37. The first-order valence-electron chi connectivity index (χ1n) is 8.36. The van der Waals surface area contributed by atoms with E-state index in [0.29, 0.717) is 11.4 Å². The molecule has 0 bridgehead atoms. The number of hydrazone groups is 1. The van der Waals surface area contributed by atoms with Crippen LogP contribution in [0.15, 0.2) is 76.0 Å². The molecule has 2 aromatic rings. The molecule has 0 radical (unpaired) electrons. The van der Waals surface area contributed by atoms with Crippen LogP contribution in [0.2, 0.25) is 0 Å². The molecule has 2 atom stereocenters. The topological polar surface area (TPSA) is 92.9 Å². The van der Waals surface area contributed by atoms with E-state index in [1.807, 2.05) is 24.3 Å². The Morgan fingerprint density at radius 1 is 0.929 bits per heavy atom. The maximum absolute atomic E-state index is 12.5. The Morgan fingerprint density at radius 2 is 1.54 bits per heavy atom. The lowest BCUT2D eigenvalue weighted by molar-refractivity contribution is -0.148. The average molecular weight is 398 g/mol. The van der Waals surface area contributed by atoms with Crippen molar-refractivity contribution in [2.24, 2.45) is 15.3 Å². The molecule has 2 unspecified atom stereocenters. The van der Waals surface area contributed by atoms with E-state index in [1.54, 1.807) is 36.4 Å². The Balaban J connectivity index is 2.02. The highest BCUT2D eigenvalue weighted by Gasteiger charge is 2.45. The maximum Gasteiger partial charge on any atom is 0.332 e. The van der Waals surface area contributed by atoms with Gasteiger partial charge in [0.1, 0.15) is 5.25 Å². The molecule has 8 nitrogen and oxygen atoms in total. The fourth-order valence-electron chi connectivity index (χ4n) is 2.56. The van der Waals surface area contributed by atoms with Gasteiger partial charge in [0, 0.05) is 0 Å². The van der Waals surface area contributed by atoms with E-state index in [2.05, 4.69) is 15.3 Å².